The number of pyridine rings is 1. The van der Waals surface area contributed by atoms with Gasteiger partial charge in [-0.25, -0.2) is 4.98 Å². The number of methoxy groups -OCH3 is 1. The summed E-state index contributed by atoms with van der Waals surface area (Å²) in [6.07, 6.45) is 1.91. The summed E-state index contributed by atoms with van der Waals surface area (Å²) in [6, 6.07) is 11.1. The van der Waals surface area contributed by atoms with Crippen molar-refractivity contribution in [3.63, 3.8) is 0 Å². The van der Waals surface area contributed by atoms with E-state index in [-0.39, 0.29) is 12.3 Å². The lowest BCUT2D eigenvalue weighted by molar-refractivity contribution is -0.115. The van der Waals surface area contributed by atoms with Crippen molar-refractivity contribution in [3.05, 3.63) is 48.3 Å². The summed E-state index contributed by atoms with van der Waals surface area (Å²) >= 11 is 1.42. The fraction of sp³-hybridized carbons (Fsp3) is 0.133. The Morgan fingerprint density at radius 1 is 1.33 bits per heavy atom. The number of hydrogen-bond acceptors (Lipinski definition) is 5. The van der Waals surface area contributed by atoms with Crippen LogP contribution in [-0.2, 0) is 11.2 Å². The van der Waals surface area contributed by atoms with Crippen LogP contribution in [-0.4, -0.2) is 23.0 Å². The summed E-state index contributed by atoms with van der Waals surface area (Å²) in [4.78, 5) is 20.5. The number of fused-ring (bicyclic) bond motifs is 1. The summed E-state index contributed by atoms with van der Waals surface area (Å²) < 4.78 is 6.15. The van der Waals surface area contributed by atoms with E-state index in [1.807, 2.05) is 36.4 Å². The molecule has 0 spiro atoms. The van der Waals surface area contributed by atoms with Gasteiger partial charge < -0.3 is 10.1 Å². The second-order valence-corrected chi connectivity index (χ2v) is 5.43. The Hall–Kier alpha value is -2.47. The van der Waals surface area contributed by atoms with Crippen molar-refractivity contribution in [2.24, 2.45) is 0 Å². The molecule has 106 valence electrons. The van der Waals surface area contributed by atoms with Crippen LogP contribution in [0.1, 0.15) is 5.69 Å². The molecule has 5 nitrogen and oxygen atoms in total. The molecule has 1 amide bonds. The molecule has 0 bridgehead atoms. The van der Waals surface area contributed by atoms with Gasteiger partial charge in [-0.15, -0.1) is 0 Å². The second kappa shape index (κ2) is 5.88. The van der Waals surface area contributed by atoms with Crippen LogP contribution in [0.25, 0.3) is 10.2 Å². The molecule has 0 radical (unpaired) electrons. The second-order valence-electron chi connectivity index (χ2n) is 4.40. The highest BCUT2D eigenvalue weighted by Gasteiger charge is 2.09. The summed E-state index contributed by atoms with van der Waals surface area (Å²) in [7, 11) is 1.62. The van der Waals surface area contributed by atoms with Gasteiger partial charge in [-0.2, -0.15) is 0 Å². The van der Waals surface area contributed by atoms with Crippen LogP contribution in [0.15, 0.2) is 42.6 Å². The zero-order chi connectivity index (χ0) is 14.7. The van der Waals surface area contributed by atoms with Crippen molar-refractivity contribution >= 4 is 32.6 Å². The van der Waals surface area contributed by atoms with Gasteiger partial charge >= 0.3 is 0 Å². The standard InChI is InChI=1S/C15H13N3O2S/c1-20-11-5-6-12-13(9-11)21-15(17-12)18-14(19)8-10-4-2-3-7-16-10/h2-7,9H,8H2,1H3,(H,17,18,19). The first-order valence-corrected chi connectivity index (χ1v) is 7.20. The minimum atomic E-state index is -0.125. The Kier molecular flexibility index (Phi) is 3.79. The van der Waals surface area contributed by atoms with E-state index >= 15 is 0 Å². The topological polar surface area (TPSA) is 64.1 Å². The van der Waals surface area contributed by atoms with E-state index in [1.54, 1.807) is 13.3 Å². The highest BCUT2D eigenvalue weighted by atomic mass is 32.1. The average molecular weight is 299 g/mol. The zero-order valence-corrected chi connectivity index (χ0v) is 12.2. The van der Waals surface area contributed by atoms with Gasteiger partial charge in [-0.1, -0.05) is 17.4 Å². The van der Waals surface area contributed by atoms with E-state index in [0.29, 0.717) is 5.13 Å². The zero-order valence-electron chi connectivity index (χ0n) is 11.4. The molecule has 6 heteroatoms. The molecule has 3 rings (SSSR count). The Bertz CT molecular complexity index is 771. The summed E-state index contributed by atoms with van der Waals surface area (Å²) in [5, 5.41) is 3.39. The molecule has 1 N–H and O–H groups in total. The first-order chi connectivity index (χ1) is 10.2. The quantitative estimate of drug-likeness (QED) is 0.804. The number of amides is 1. The number of thiazole rings is 1. The highest BCUT2D eigenvalue weighted by Crippen LogP contribution is 2.29. The third-order valence-electron chi connectivity index (χ3n) is 2.91. The van der Waals surface area contributed by atoms with Gasteiger partial charge in [0.1, 0.15) is 5.75 Å². The molecule has 0 atom stereocenters. The maximum Gasteiger partial charge on any atom is 0.232 e. The van der Waals surface area contributed by atoms with E-state index < -0.39 is 0 Å². The first-order valence-electron chi connectivity index (χ1n) is 6.39. The first kappa shape index (κ1) is 13.5. The van der Waals surface area contributed by atoms with Crippen molar-refractivity contribution < 1.29 is 9.53 Å². The molecule has 21 heavy (non-hydrogen) atoms. The Morgan fingerprint density at radius 2 is 2.24 bits per heavy atom. The Balaban J connectivity index is 1.74. The molecule has 0 unspecified atom stereocenters. The van der Waals surface area contributed by atoms with Crippen molar-refractivity contribution in [3.8, 4) is 5.75 Å². The fourth-order valence-corrected chi connectivity index (χ4v) is 2.83. The Labute approximate surface area is 125 Å². The van der Waals surface area contributed by atoms with E-state index in [2.05, 4.69) is 15.3 Å². The molecule has 0 saturated carbocycles. The van der Waals surface area contributed by atoms with E-state index in [1.165, 1.54) is 11.3 Å². The van der Waals surface area contributed by atoms with E-state index in [4.69, 9.17) is 4.74 Å². The molecule has 0 saturated heterocycles. The minimum absolute atomic E-state index is 0.125. The summed E-state index contributed by atoms with van der Waals surface area (Å²) in [6.45, 7) is 0. The number of aromatic nitrogens is 2. The van der Waals surface area contributed by atoms with Gasteiger partial charge in [0.15, 0.2) is 5.13 Å². The van der Waals surface area contributed by atoms with E-state index in [0.717, 1.165) is 21.7 Å². The molecule has 1 aromatic carbocycles. The number of rotatable bonds is 4. The molecule has 0 aliphatic heterocycles. The predicted octanol–water partition coefficient (Wildman–Crippen LogP) is 2.88. The molecule has 2 aromatic heterocycles. The normalized spacial score (nSPS) is 10.5. The minimum Gasteiger partial charge on any atom is -0.497 e. The molecule has 2 heterocycles. The van der Waals surface area contributed by atoms with Crippen LogP contribution >= 0.6 is 11.3 Å². The number of nitrogens with zero attached hydrogens (tertiary/aromatic N) is 2. The van der Waals surface area contributed by atoms with Crippen molar-refractivity contribution in [2.75, 3.05) is 12.4 Å². The van der Waals surface area contributed by atoms with Gasteiger partial charge in [-0.3, -0.25) is 9.78 Å². The van der Waals surface area contributed by atoms with Crippen molar-refractivity contribution in [1.29, 1.82) is 0 Å². The summed E-state index contributed by atoms with van der Waals surface area (Å²) in [5.74, 6) is 0.650. The number of carbonyl (C=O) groups is 1. The lowest BCUT2D eigenvalue weighted by atomic mass is 10.2. The molecule has 0 fully saturated rings. The van der Waals surface area contributed by atoms with Crippen LogP contribution in [0, 0.1) is 0 Å². The summed E-state index contributed by atoms with van der Waals surface area (Å²) in [5.41, 5.74) is 1.58. The number of ether oxygens (including phenoxy) is 1. The lowest BCUT2D eigenvalue weighted by Crippen LogP contribution is -2.14. The SMILES string of the molecule is COc1ccc2nc(NC(=O)Cc3ccccn3)sc2c1. The molecule has 0 aliphatic carbocycles. The fourth-order valence-electron chi connectivity index (χ4n) is 1.92. The van der Waals surface area contributed by atoms with Crippen LogP contribution in [0.5, 0.6) is 5.75 Å². The number of hydrogen-bond donors (Lipinski definition) is 1. The van der Waals surface area contributed by atoms with Crippen LogP contribution in [0.2, 0.25) is 0 Å². The van der Waals surface area contributed by atoms with Gasteiger partial charge in [0, 0.05) is 11.9 Å². The average Bonchev–Trinajstić information content (AvgIpc) is 2.89. The van der Waals surface area contributed by atoms with Crippen LogP contribution < -0.4 is 10.1 Å². The number of anilines is 1. The third-order valence-corrected chi connectivity index (χ3v) is 3.84. The monoisotopic (exact) mass is 299 g/mol. The maximum atomic E-state index is 12.0. The molecule has 0 aliphatic rings. The number of nitrogens with one attached hydrogen (secondary N) is 1. The molecular formula is C15H13N3O2S. The third kappa shape index (κ3) is 3.17. The maximum absolute atomic E-state index is 12.0. The van der Waals surface area contributed by atoms with Gasteiger partial charge in [0.2, 0.25) is 5.91 Å². The predicted molar refractivity (Wildman–Crippen MR) is 82.7 cm³/mol. The largest absolute Gasteiger partial charge is 0.497 e. The van der Waals surface area contributed by atoms with E-state index in [9.17, 15) is 4.79 Å². The molecular weight excluding hydrogens is 286 g/mol. The van der Waals surface area contributed by atoms with Crippen LogP contribution in [0.4, 0.5) is 5.13 Å². The number of carbonyl (C=O) groups excluding carboxylic acids is 1. The Morgan fingerprint density at radius 3 is 3.00 bits per heavy atom. The highest BCUT2D eigenvalue weighted by molar-refractivity contribution is 7.22. The smallest absolute Gasteiger partial charge is 0.232 e. The van der Waals surface area contributed by atoms with Gasteiger partial charge in [0.05, 0.1) is 23.7 Å². The van der Waals surface area contributed by atoms with Gasteiger partial charge in [-0.05, 0) is 30.3 Å². The van der Waals surface area contributed by atoms with Gasteiger partial charge in [0.25, 0.3) is 0 Å². The molecule has 3 aromatic rings. The number of benzene rings is 1. The van der Waals surface area contributed by atoms with Crippen LogP contribution in [0.3, 0.4) is 0 Å². The lowest BCUT2D eigenvalue weighted by Gasteiger charge is -2.00. The van der Waals surface area contributed by atoms with Crippen molar-refractivity contribution in [2.45, 2.75) is 6.42 Å². The van der Waals surface area contributed by atoms with Crippen molar-refractivity contribution in [1.82, 2.24) is 9.97 Å².